The van der Waals surface area contributed by atoms with Crippen LogP contribution in [-0.4, -0.2) is 15.5 Å². The Morgan fingerprint density at radius 3 is 2.59 bits per heavy atom. The van der Waals surface area contributed by atoms with E-state index in [1.165, 1.54) is 5.56 Å². The zero-order valence-corrected chi connectivity index (χ0v) is 15.4. The number of para-hydroxylation sites is 1. The van der Waals surface area contributed by atoms with Crippen LogP contribution in [0.4, 0.5) is 5.69 Å². The molecule has 2 aromatic heterocycles. The Kier molecular flexibility index (Phi) is 4.90. The normalized spacial score (nSPS) is 10.9. The van der Waals surface area contributed by atoms with Crippen molar-refractivity contribution in [2.75, 3.05) is 5.32 Å². The lowest BCUT2D eigenvalue weighted by Gasteiger charge is -2.06. The highest BCUT2D eigenvalue weighted by atomic mass is 35.5. The second-order valence-electron chi connectivity index (χ2n) is 6.35. The predicted molar refractivity (Wildman–Crippen MR) is 109 cm³/mol. The third-order valence-electron chi connectivity index (χ3n) is 4.45. The summed E-state index contributed by atoms with van der Waals surface area (Å²) in [6, 6.07) is 21.9. The van der Waals surface area contributed by atoms with Crippen molar-refractivity contribution in [3.63, 3.8) is 0 Å². The lowest BCUT2D eigenvalue weighted by Crippen LogP contribution is -2.14. The van der Waals surface area contributed by atoms with E-state index in [0.29, 0.717) is 5.69 Å². The van der Waals surface area contributed by atoms with Gasteiger partial charge >= 0.3 is 0 Å². The number of carbonyl (C=O) groups excluding carboxylic acids is 1. The summed E-state index contributed by atoms with van der Waals surface area (Å²) in [6.07, 6.45) is 3.92. The molecule has 0 fully saturated rings. The highest BCUT2D eigenvalue weighted by molar-refractivity contribution is 6.32. The smallest absolute Gasteiger partial charge is 0.228 e. The fourth-order valence-corrected chi connectivity index (χ4v) is 3.39. The summed E-state index contributed by atoms with van der Waals surface area (Å²) in [5.41, 5.74) is 3.84. The molecule has 27 heavy (non-hydrogen) atoms. The second kappa shape index (κ2) is 7.64. The maximum absolute atomic E-state index is 12.5. The minimum atomic E-state index is -0.118. The van der Waals surface area contributed by atoms with Crippen molar-refractivity contribution < 1.29 is 4.79 Å². The number of nitrogens with one attached hydrogen (secondary N) is 1. The van der Waals surface area contributed by atoms with Gasteiger partial charge in [0.15, 0.2) is 5.15 Å². The minimum Gasteiger partial charge on any atom is -0.343 e. The Morgan fingerprint density at radius 2 is 1.78 bits per heavy atom. The van der Waals surface area contributed by atoms with Gasteiger partial charge in [0.25, 0.3) is 0 Å². The molecule has 0 bridgehead atoms. The van der Waals surface area contributed by atoms with E-state index in [-0.39, 0.29) is 17.5 Å². The summed E-state index contributed by atoms with van der Waals surface area (Å²) in [5.74, 6) is -0.118. The summed E-state index contributed by atoms with van der Waals surface area (Å²) in [4.78, 5) is 16.5. The molecule has 5 heteroatoms. The summed E-state index contributed by atoms with van der Waals surface area (Å²) in [6.45, 7) is 0.761. The molecule has 0 aliphatic heterocycles. The number of hydrogen-bond acceptors (Lipinski definition) is 2. The van der Waals surface area contributed by atoms with Gasteiger partial charge in [-0.2, -0.15) is 0 Å². The summed E-state index contributed by atoms with van der Waals surface area (Å²) in [5, 5.41) is 4.21. The molecule has 4 rings (SSSR count). The van der Waals surface area contributed by atoms with Gasteiger partial charge in [-0.3, -0.25) is 4.79 Å². The third kappa shape index (κ3) is 3.86. The molecule has 2 aromatic carbocycles. The third-order valence-corrected chi connectivity index (χ3v) is 4.75. The standard InChI is InChI=1S/C22H18ClN3O/c23-22-19(10-6-12-24-22)25-21(27)13-17-15-26(14-16-7-2-1-3-8-16)20-11-5-4-9-18(17)20/h1-12,15H,13-14H2,(H,25,27). The summed E-state index contributed by atoms with van der Waals surface area (Å²) < 4.78 is 2.18. The van der Waals surface area contributed by atoms with Crippen molar-refractivity contribution in [2.45, 2.75) is 13.0 Å². The van der Waals surface area contributed by atoms with E-state index in [0.717, 1.165) is 23.0 Å². The molecule has 2 heterocycles. The average molecular weight is 376 g/mol. The Hall–Kier alpha value is -3.11. The quantitative estimate of drug-likeness (QED) is 0.503. The van der Waals surface area contributed by atoms with Crippen LogP contribution in [0, 0.1) is 0 Å². The first-order valence-electron chi connectivity index (χ1n) is 8.72. The van der Waals surface area contributed by atoms with E-state index in [9.17, 15) is 4.79 Å². The van der Waals surface area contributed by atoms with E-state index in [1.54, 1.807) is 18.3 Å². The molecule has 4 nitrogen and oxygen atoms in total. The number of amides is 1. The van der Waals surface area contributed by atoms with Crippen LogP contribution >= 0.6 is 11.6 Å². The molecule has 1 N–H and O–H groups in total. The Bertz CT molecular complexity index is 1090. The van der Waals surface area contributed by atoms with Crippen LogP contribution in [0.1, 0.15) is 11.1 Å². The van der Waals surface area contributed by atoms with Gasteiger partial charge in [0.2, 0.25) is 5.91 Å². The van der Waals surface area contributed by atoms with Crippen LogP contribution in [0.25, 0.3) is 10.9 Å². The Balaban J connectivity index is 1.60. The SMILES string of the molecule is O=C(Cc1cn(Cc2ccccc2)c2ccccc12)Nc1cccnc1Cl. The molecule has 0 radical (unpaired) electrons. The maximum Gasteiger partial charge on any atom is 0.228 e. The summed E-state index contributed by atoms with van der Waals surface area (Å²) >= 11 is 6.03. The molecule has 0 unspecified atom stereocenters. The highest BCUT2D eigenvalue weighted by Gasteiger charge is 2.13. The highest BCUT2D eigenvalue weighted by Crippen LogP contribution is 2.24. The van der Waals surface area contributed by atoms with E-state index < -0.39 is 0 Å². The zero-order chi connectivity index (χ0) is 18.6. The number of carbonyl (C=O) groups is 1. The van der Waals surface area contributed by atoms with Gasteiger partial charge in [0, 0.05) is 29.8 Å². The first kappa shape index (κ1) is 17.3. The van der Waals surface area contributed by atoms with E-state index in [2.05, 4.69) is 45.3 Å². The Labute approximate surface area is 162 Å². The average Bonchev–Trinajstić information content (AvgIpc) is 3.02. The largest absolute Gasteiger partial charge is 0.343 e. The number of halogens is 1. The number of hydrogen-bond donors (Lipinski definition) is 1. The molecule has 0 saturated heterocycles. The van der Waals surface area contributed by atoms with Gasteiger partial charge < -0.3 is 9.88 Å². The first-order chi connectivity index (χ1) is 13.2. The molecule has 0 aliphatic carbocycles. The monoisotopic (exact) mass is 375 g/mol. The molecule has 134 valence electrons. The molecule has 0 saturated carbocycles. The number of pyridine rings is 1. The van der Waals surface area contributed by atoms with Crippen LogP contribution in [0.15, 0.2) is 79.1 Å². The molecule has 0 atom stereocenters. The van der Waals surface area contributed by atoms with Crippen molar-refractivity contribution in [3.8, 4) is 0 Å². The lowest BCUT2D eigenvalue weighted by molar-refractivity contribution is -0.115. The van der Waals surface area contributed by atoms with E-state index >= 15 is 0 Å². The molecule has 0 aliphatic rings. The molecular weight excluding hydrogens is 358 g/mol. The van der Waals surface area contributed by atoms with Crippen molar-refractivity contribution in [1.82, 2.24) is 9.55 Å². The van der Waals surface area contributed by atoms with Gasteiger partial charge in [-0.15, -0.1) is 0 Å². The van der Waals surface area contributed by atoms with Crippen LogP contribution in [0.2, 0.25) is 5.15 Å². The van der Waals surface area contributed by atoms with Crippen LogP contribution in [0.3, 0.4) is 0 Å². The van der Waals surface area contributed by atoms with Crippen molar-refractivity contribution >= 4 is 34.1 Å². The molecule has 0 spiro atoms. The van der Waals surface area contributed by atoms with Gasteiger partial charge in [-0.1, -0.05) is 60.1 Å². The zero-order valence-electron chi connectivity index (χ0n) is 14.6. The van der Waals surface area contributed by atoms with E-state index in [1.807, 2.05) is 30.3 Å². The second-order valence-corrected chi connectivity index (χ2v) is 6.71. The number of fused-ring (bicyclic) bond motifs is 1. The lowest BCUT2D eigenvalue weighted by atomic mass is 10.1. The van der Waals surface area contributed by atoms with E-state index in [4.69, 9.17) is 11.6 Å². The molecule has 4 aromatic rings. The van der Waals surface area contributed by atoms with Gasteiger partial charge in [-0.05, 0) is 29.3 Å². The van der Waals surface area contributed by atoms with Gasteiger partial charge in [-0.25, -0.2) is 4.98 Å². The summed E-state index contributed by atoms with van der Waals surface area (Å²) in [7, 11) is 0. The number of aromatic nitrogens is 2. The number of anilines is 1. The Morgan fingerprint density at radius 1 is 1.00 bits per heavy atom. The topological polar surface area (TPSA) is 46.9 Å². The predicted octanol–water partition coefficient (Wildman–Crippen LogP) is 4.92. The minimum absolute atomic E-state index is 0.118. The van der Waals surface area contributed by atoms with Crippen LogP contribution in [0.5, 0.6) is 0 Å². The fraction of sp³-hybridized carbons (Fsp3) is 0.0909. The molecular formula is C22H18ClN3O. The van der Waals surface area contributed by atoms with Crippen molar-refractivity contribution in [1.29, 1.82) is 0 Å². The first-order valence-corrected chi connectivity index (χ1v) is 9.09. The van der Waals surface area contributed by atoms with Crippen molar-refractivity contribution in [3.05, 3.63) is 95.4 Å². The van der Waals surface area contributed by atoms with Crippen LogP contribution < -0.4 is 5.32 Å². The number of benzene rings is 2. The number of rotatable bonds is 5. The van der Waals surface area contributed by atoms with Gasteiger partial charge in [0.05, 0.1) is 12.1 Å². The van der Waals surface area contributed by atoms with Crippen LogP contribution in [-0.2, 0) is 17.8 Å². The number of nitrogens with zero attached hydrogens (tertiary/aromatic N) is 2. The fourth-order valence-electron chi connectivity index (χ4n) is 3.22. The van der Waals surface area contributed by atoms with Gasteiger partial charge in [0.1, 0.15) is 0 Å². The van der Waals surface area contributed by atoms with Crippen molar-refractivity contribution in [2.24, 2.45) is 0 Å². The maximum atomic E-state index is 12.5. The molecule has 1 amide bonds.